The third-order valence-corrected chi connectivity index (χ3v) is 1.38. The van der Waals surface area contributed by atoms with Crippen molar-refractivity contribution in [3.63, 3.8) is 0 Å². The van der Waals surface area contributed by atoms with Gasteiger partial charge in [0.1, 0.15) is 0 Å². The van der Waals surface area contributed by atoms with Crippen molar-refractivity contribution in [1.29, 1.82) is 0 Å². The number of hydrogen-bond donors (Lipinski definition) is 1. The summed E-state index contributed by atoms with van der Waals surface area (Å²) in [6, 6.07) is 0. The van der Waals surface area contributed by atoms with Gasteiger partial charge in [-0.05, 0) is 13.0 Å². The number of halogens is 2. The maximum absolute atomic E-state index is 11.9. The largest absolute Gasteiger partial charge is 0.330 e. The van der Waals surface area contributed by atoms with Gasteiger partial charge in [0, 0.05) is 5.41 Å². The summed E-state index contributed by atoms with van der Waals surface area (Å²) < 4.78 is 23.9. The Kier molecular flexibility index (Phi) is 3.04. The molecule has 0 rings (SSSR count). The molecule has 0 radical (unpaired) electrons. The summed E-state index contributed by atoms with van der Waals surface area (Å²) in [4.78, 5) is 0. The average molecular weight is 137 g/mol. The molecule has 1 nitrogen and oxygen atoms in total. The Morgan fingerprint density at radius 3 is 2.00 bits per heavy atom. The lowest BCUT2D eigenvalue weighted by atomic mass is 9.90. The summed E-state index contributed by atoms with van der Waals surface area (Å²) >= 11 is 0. The Morgan fingerprint density at radius 1 is 1.44 bits per heavy atom. The van der Waals surface area contributed by atoms with Crippen LogP contribution in [0.5, 0.6) is 0 Å². The molecule has 0 amide bonds. The fraction of sp³-hybridized carbons (Fsp3) is 1.00. The van der Waals surface area contributed by atoms with Crippen LogP contribution in [0.4, 0.5) is 8.78 Å². The Labute approximate surface area is 54.2 Å². The van der Waals surface area contributed by atoms with E-state index in [0.717, 1.165) is 0 Å². The molecule has 0 saturated heterocycles. The lowest BCUT2D eigenvalue weighted by molar-refractivity contribution is 0.0157. The van der Waals surface area contributed by atoms with Crippen LogP contribution in [0.25, 0.3) is 0 Å². The fourth-order valence-electron chi connectivity index (χ4n) is 0.481. The Balaban J connectivity index is 3.70. The summed E-state index contributed by atoms with van der Waals surface area (Å²) in [6.45, 7) is 3.37. The maximum atomic E-state index is 11.9. The van der Waals surface area contributed by atoms with E-state index in [1.54, 1.807) is 0 Å². The Bertz CT molecular complexity index is 81.1. The van der Waals surface area contributed by atoms with Crippen LogP contribution in [0.3, 0.4) is 0 Å². The van der Waals surface area contributed by atoms with E-state index in [4.69, 9.17) is 5.73 Å². The van der Waals surface area contributed by atoms with Gasteiger partial charge in [-0.1, -0.05) is 13.8 Å². The van der Waals surface area contributed by atoms with E-state index < -0.39 is 11.8 Å². The van der Waals surface area contributed by atoms with Gasteiger partial charge in [0.2, 0.25) is 6.43 Å². The van der Waals surface area contributed by atoms with Crippen LogP contribution in [-0.4, -0.2) is 13.0 Å². The van der Waals surface area contributed by atoms with Gasteiger partial charge in [-0.15, -0.1) is 0 Å². The van der Waals surface area contributed by atoms with E-state index in [2.05, 4.69) is 0 Å². The van der Waals surface area contributed by atoms with E-state index in [-0.39, 0.29) is 0 Å². The molecular formula is C6H13F2N. The molecule has 0 heterocycles. The molecule has 56 valence electrons. The fourth-order valence-corrected chi connectivity index (χ4v) is 0.481. The number of nitrogens with two attached hydrogens (primary N) is 1. The average Bonchev–Trinajstić information content (AvgIpc) is 1.65. The van der Waals surface area contributed by atoms with Crippen molar-refractivity contribution in [3.8, 4) is 0 Å². The highest BCUT2D eigenvalue weighted by Crippen LogP contribution is 2.27. The first-order valence-corrected chi connectivity index (χ1v) is 2.99. The molecule has 2 N–H and O–H groups in total. The van der Waals surface area contributed by atoms with E-state index in [9.17, 15) is 8.78 Å². The van der Waals surface area contributed by atoms with Crippen molar-refractivity contribution < 1.29 is 8.78 Å². The first-order valence-electron chi connectivity index (χ1n) is 2.99. The van der Waals surface area contributed by atoms with Crippen LogP contribution in [0.15, 0.2) is 0 Å². The van der Waals surface area contributed by atoms with Crippen molar-refractivity contribution in [1.82, 2.24) is 0 Å². The monoisotopic (exact) mass is 137 g/mol. The highest BCUT2D eigenvalue weighted by molar-refractivity contribution is 4.70. The van der Waals surface area contributed by atoms with Gasteiger partial charge in [-0.25, -0.2) is 8.78 Å². The van der Waals surface area contributed by atoms with Crippen LogP contribution < -0.4 is 5.73 Å². The van der Waals surface area contributed by atoms with Gasteiger partial charge in [0.05, 0.1) is 0 Å². The second-order valence-corrected chi connectivity index (χ2v) is 2.83. The molecule has 0 unspecified atom stereocenters. The lowest BCUT2D eigenvalue weighted by Crippen LogP contribution is -2.24. The first kappa shape index (κ1) is 8.82. The maximum Gasteiger partial charge on any atom is 0.243 e. The summed E-state index contributed by atoms with van der Waals surface area (Å²) in [5, 5.41) is 0. The molecule has 9 heavy (non-hydrogen) atoms. The van der Waals surface area contributed by atoms with Crippen molar-refractivity contribution >= 4 is 0 Å². The molecule has 0 aromatic rings. The lowest BCUT2D eigenvalue weighted by Gasteiger charge is -2.21. The molecule has 0 aromatic heterocycles. The van der Waals surface area contributed by atoms with Gasteiger partial charge >= 0.3 is 0 Å². The molecule has 0 spiro atoms. The topological polar surface area (TPSA) is 26.0 Å². The van der Waals surface area contributed by atoms with Crippen molar-refractivity contribution in [3.05, 3.63) is 0 Å². The zero-order chi connectivity index (χ0) is 7.49. The van der Waals surface area contributed by atoms with Crippen LogP contribution >= 0.6 is 0 Å². The third-order valence-electron chi connectivity index (χ3n) is 1.38. The van der Waals surface area contributed by atoms with Gasteiger partial charge < -0.3 is 5.73 Å². The highest BCUT2D eigenvalue weighted by Gasteiger charge is 2.27. The summed E-state index contributed by atoms with van der Waals surface area (Å²) in [7, 11) is 0. The molecular weight excluding hydrogens is 124 g/mol. The minimum Gasteiger partial charge on any atom is -0.330 e. The quantitative estimate of drug-likeness (QED) is 0.628. The van der Waals surface area contributed by atoms with Crippen molar-refractivity contribution in [2.75, 3.05) is 6.54 Å². The Morgan fingerprint density at radius 2 is 1.89 bits per heavy atom. The number of hydrogen-bond acceptors (Lipinski definition) is 1. The molecule has 0 saturated carbocycles. The molecule has 0 fully saturated rings. The molecule has 0 aliphatic heterocycles. The van der Waals surface area contributed by atoms with Gasteiger partial charge in [-0.3, -0.25) is 0 Å². The van der Waals surface area contributed by atoms with Crippen LogP contribution in [0, 0.1) is 5.41 Å². The standard InChI is InChI=1S/C6H13F2N/c1-6(2,3-4-9)5(7)8/h5H,3-4,9H2,1-2H3. The zero-order valence-electron chi connectivity index (χ0n) is 5.82. The SMILES string of the molecule is CC(C)(CCN)C(F)F. The second kappa shape index (κ2) is 3.11. The number of rotatable bonds is 3. The first-order chi connectivity index (χ1) is 4.00. The highest BCUT2D eigenvalue weighted by atomic mass is 19.3. The van der Waals surface area contributed by atoms with Gasteiger partial charge in [0.25, 0.3) is 0 Å². The van der Waals surface area contributed by atoms with Crippen LogP contribution in [0.2, 0.25) is 0 Å². The third kappa shape index (κ3) is 2.75. The Hall–Kier alpha value is -0.180. The van der Waals surface area contributed by atoms with Crippen molar-refractivity contribution in [2.45, 2.75) is 26.7 Å². The van der Waals surface area contributed by atoms with Crippen LogP contribution in [0.1, 0.15) is 20.3 Å². The van der Waals surface area contributed by atoms with Crippen molar-refractivity contribution in [2.24, 2.45) is 11.1 Å². The normalized spacial score (nSPS) is 12.7. The van der Waals surface area contributed by atoms with E-state index in [1.165, 1.54) is 13.8 Å². The molecule has 3 heteroatoms. The summed E-state index contributed by atoms with van der Waals surface area (Å²) in [5.41, 5.74) is 4.21. The van der Waals surface area contributed by atoms with Crippen LogP contribution in [-0.2, 0) is 0 Å². The second-order valence-electron chi connectivity index (χ2n) is 2.83. The zero-order valence-corrected chi connectivity index (χ0v) is 5.82. The molecule has 0 bridgehead atoms. The predicted octanol–water partition coefficient (Wildman–Crippen LogP) is 1.63. The molecule has 0 aromatic carbocycles. The molecule has 0 aliphatic carbocycles. The summed E-state index contributed by atoms with van der Waals surface area (Å²) in [6.07, 6.45) is -1.88. The van der Waals surface area contributed by atoms with E-state index in [0.29, 0.717) is 13.0 Å². The molecule has 0 atom stereocenters. The number of alkyl halides is 2. The predicted molar refractivity (Wildman–Crippen MR) is 33.5 cm³/mol. The minimum absolute atomic E-state index is 0.331. The minimum atomic E-state index is -2.26. The van der Waals surface area contributed by atoms with E-state index in [1.807, 2.05) is 0 Å². The van der Waals surface area contributed by atoms with Gasteiger partial charge in [0.15, 0.2) is 0 Å². The smallest absolute Gasteiger partial charge is 0.243 e. The van der Waals surface area contributed by atoms with E-state index >= 15 is 0 Å². The summed E-state index contributed by atoms with van der Waals surface area (Å²) in [5.74, 6) is 0. The van der Waals surface area contributed by atoms with Gasteiger partial charge in [-0.2, -0.15) is 0 Å². The molecule has 0 aliphatic rings.